The quantitative estimate of drug-likeness (QED) is 0.876. The molecular weight excluding hydrogens is 283 g/mol. The highest BCUT2D eigenvalue weighted by Gasteiger charge is 2.28. The number of rotatable bonds is 6. The van der Waals surface area contributed by atoms with Gasteiger partial charge in [-0.1, -0.05) is 6.92 Å². The second kappa shape index (κ2) is 7.29. The van der Waals surface area contributed by atoms with Crippen LogP contribution in [0.2, 0.25) is 0 Å². The van der Waals surface area contributed by atoms with E-state index in [2.05, 4.69) is 16.7 Å². The number of hydrogen-bond acceptors (Lipinski definition) is 4. The Morgan fingerprint density at radius 2 is 2.23 bits per heavy atom. The Labute approximate surface area is 132 Å². The summed E-state index contributed by atoms with van der Waals surface area (Å²) in [5.41, 5.74) is 0.519. The van der Waals surface area contributed by atoms with Crippen molar-refractivity contribution in [1.29, 1.82) is 0 Å². The SMILES string of the molecule is CCN1CCCC1CN(C)C(C)c1c(O)ccc(F)c1OC. The third kappa shape index (κ3) is 3.36. The van der Waals surface area contributed by atoms with Gasteiger partial charge in [-0.3, -0.25) is 9.80 Å². The summed E-state index contributed by atoms with van der Waals surface area (Å²) >= 11 is 0. The van der Waals surface area contributed by atoms with Crippen LogP contribution in [0.15, 0.2) is 12.1 Å². The van der Waals surface area contributed by atoms with Crippen LogP contribution in [-0.4, -0.2) is 54.7 Å². The minimum absolute atomic E-state index is 0.0800. The zero-order valence-corrected chi connectivity index (χ0v) is 14.0. The topological polar surface area (TPSA) is 35.9 Å². The van der Waals surface area contributed by atoms with Crippen LogP contribution < -0.4 is 4.74 Å². The second-order valence-electron chi connectivity index (χ2n) is 6.05. The molecule has 22 heavy (non-hydrogen) atoms. The standard InChI is InChI=1S/C17H27FN2O2/c1-5-20-10-6-7-13(20)11-19(3)12(2)16-15(21)9-8-14(18)17(16)22-4/h8-9,12-13,21H,5-7,10-11H2,1-4H3. The van der Waals surface area contributed by atoms with Gasteiger partial charge in [-0.05, 0) is 52.0 Å². The highest BCUT2D eigenvalue weighted by atomic mass is 19.1. The maximum atomic E-state index is 13.9. The summed E-state index contributed by atoms with van der Waals surface area (Å²) in [6, 6.07) is 3.04. The lowest BCUT2D eigenvalue weighted by atomic mass is 10.0. The van der Waals surface area contributed by atoms with Crippen LogP contribution in [0.3, 0.4) is 0 Å². The fourth-order valence-electron chi connectivity index (χ4n) is 3.40. The molecule has 4 nitrogen and oxygen atoms in total. The second-order valence-corrected chi connectivity index (χ2v) is 6.05. The highest BCUT2D eigenvalue weighted by Crippen LogP contribution is 2.38. The third-order valence-corrected chi connectivity index (χ3v) is 4.81. The first-order valence-electron chi connectivity index (χ1n) is 7.99. The number of nitrogens with zero attached hydrogens (tertiary/aromatic N) is 2. The van der Waals surface area contributed by atoms with E-state index >= 15 is 0 Å². The van der Waals surface area contributed by atoms with Gasteiger partial charge in [-0.15, -0.1) is 0 Å². The Morgan fingerprint density at radius 1 is 1.50 bits per heavy atom. The van der Waals surface area contributed by atoms with E-state index in [4.69, 9.17) is 4.74 Å². The predicted molar refractivity (Wildman–Crippen MR) is 85.9 cm³/mol. The van der Waals surface area contributed by atoms with E-state index in [0.717, 1.165) is 19.6 Å². The van der Waals surface area contributed by atoms with Gasteiger partial charge in [0.05, 0.1) is 12.7 Å². The number of likely N-dealkylation sites (tertiary alicyclic amines) is 1. The fourth-order valence-corrected chi connectivity index (χ4v) is 3.40. The number of ether oxygens (including phenoxy) is 1. The predicted octanol–water partition coefficient (Wildman–Crippen LogP) is 3.02. The lowest BCUT2D eigenvalue weighted by Gasteiger charge is -2.32. The molecule has 0 spiro atoms. The van der Waals surface area contributed by atoms with E-state index < -0.39 is 5.82 Å². The Kier molecular flexibility index (Phi) is 5.64. The molecule has 0 aliphatic carbocycles. The molecule has 0 bridgehead atoms. The molecule has 124 valence electrons. The van der Waals surface area contributed by atoms with Gasteiger partial charge in [0.1, 0.15) is 5.75 Å². The fraction of sp³-hybridized carbons (Fsp3) is 0.647. The van der Waals surface area contributed by atoms with Gasteiger partial charge in [0.25, 0.3) is 0 Å². The average Bonchev–Trinajstić information content (AvgIpc) is 2.95. The molecule has 1 aromatic rings. The maximum Gasteiger partial charge on any atom is 0.165 e. The minimum atomic E-state index is -0.438. The van der Waals surface area contributed by atoms with Crippen molar-refractivity contribution in [2.75, 3.05) is 33.8 Å². The summed E-state index contributed by atoms with van der Waals surface area (Å²) in [6.45, 7) is 7.26. The summed E-state index contributed by atoms with van der Waals surface area (Å²) in [5, 5.41) is 10.1. The van der Waals surface area contributed by atoms with E-state index in [1.54, 1.807) is 0 Å². The van der Waals surface area contributed by atoms with Gasteiger partial charge in [0.15, 0.2) is 11.6 Å². The molecule has 1 N–H and O–H groups in total. The Morgan fingerprint density at radius 3 is 2.86 bits per heavy atom. The van der Waals surface area contributed by atoms with E-state index in [0.29, 0.717) is 11.6 Å². The smallest absolute Gasteiger partial charge is 0.165 e. The first-order chi connectivity index (χ1) is 10.5. The number of phenols is 1. The summed E-state index contributed by atoms with van der Waals surface area (Å²) in [5.74, 6) is -0.221. The number of phenolic OH excluding ortho intramolecular Hbond substituents is 1. The van der Waals surface area contributed by atoms with Crippen molar-refractivity contribution < 1.29 is 14.2 Å². The van der Waals surface area contributed by atoms with Gasteiger partial charge >= 0.3 is 0 Å². The molecule has 1 fully saturated rings. The van der Waals surface area contributed by atoms with Crippen molar-refractivity contribution in [2.24, 2.45) is 0 Å². The van der Waals surface area contributed by atoms with Gasteiger partial charge < -0.3 is 9.84 Å². The van der Waals surface area contributed by atoms with Crippen LogP contribution in [0.1, 0.15) is 38.3 Å². The number of hydrogen-bond donors (Lipinski definition) is 1. The normalized spacial score (nSPS) is 20.5. The average molecular weight is 310 g/mol. The lowest BCUT2D eigenvalue weighted by Crippen LogP contribution is -2.39. The van der Waals surface area contributed by atoms with E-state index in [-0.39, 0.29) is 17.5 Å². The van der Waals surface area contributed by atoms with Crippen molar-refractivity contribution in [2.45, 2.75) is 38.8 Å². The molecule has 1 aliphatic rings. The minimum Gasteiger partial charge on any atom is -0.507 e. The monoisotopic (exact) mass is 310 g/mol. The molecule has 0 saturated carbocycles. The van der Waals surface area contributed by atoms with Gasteiger partial charge in [0.2, 0.25) is 0 Å². The van der Waals surface area contributed by atoms with Gasteiger partial charge in [-0.2, -0.15) is 0 Å². The van der Waals surface area contributed by atoms with Crippen LogP contribution in [0.4, 0.5) is 4.39 Å². The number of likely N-dealkylation sites (N-methyl/N-ethyl adjacent to an activating group) is 2. The molecule has 0 radical (unpaired) electrons. The van der Waals surface area contributed by atoms with Crippen molar-refractivity contribution in [3.63, 3.8) is 0 Å². The van der Waals surface area contributed by atoms with Crippen LogP contribution in [0.25, 0.3) is 0 Å². The van der Waals surface area contributed by atoms with Crippen LogP contribution in [-0.2, 0) is 0 Å². The number of halogens is 1. The molecule has 1 aromatic carbocycles. The molecule has 0 aromatic heterocycles. The van der Waals surface area contributed by atoms with Crippen LogP contribution in [0, 0.1) is 5.82 Å². The zero-order valence-electron chi connectivity index (χ0n) is 14.0. The van der Waals surface area contributed by atoms with Crippen molar-refractivity contribution in [3.05, 3.63) is 23.5 Å². The Bertz CT molecular complexity index is 510. The molecule has 2 rings (SSSR count). The van der Waals surface area contributed by atoms with Crippen molar-refractivity contribution in [1.82, 2.24) is 9.80 Å². The van der Waals surface area contributed by atoms with Gasteiger partial charge in [-0.25, -0.2) is 4.39 Å². The summed E-state index contributed by atoms with van der Waals surface area (Å²) in [4.78, 5) is 4.64. The maximum absolute atomic E-state index is 13.9. The van der Waals surface area contributed by atoms with Gasteiger partial charge in [0, 0.05) is 18.6 Å². The Hall–Kier alpha value is -1.33. The van der Waals surface area contributed by atoms with Crippen LogP contribution >= 0.6 is 0 Å². The highest BCUT2D eigenvalue weighted by molar-refractivity contribution is 5.46. The summed E-state index contributed by atoms with van der Waals surface area (Å²) < 4.78 is 19.1. The van der Waals surface area contributed by atoms with Crippen molar-refractivity contribution in [3.8, 4) is 11.5 Å². The summed E-state index contributed by atoms with van der Waals surface area (Å²) in [6.07, 6.45) is 2.42. The van der Waals surface area contributed by atoms with E-state index in [9.17, 15) is 9.50 Å². The number of benzene rings is 1. The number of aromatic hydroxyl groups is 1. The summed E-state index contributed by atoms with van der Waals surface area (Å²) in [7, 11) is 3.45. The lowest BCUT2D eigenvalue weighted by molar-refractivity contribution is 0.166. The Balaban J connectivity index is 2.17. The number of methoxy groups -OCH3 is 1. The molecule has 1 aliphatic heterocycles. The zero-order chi connectivity index (χ0) is 16.3. The van der Waals surface area contributed by atoms with Crippen LogP contribution in [0.5, 0.6) is 11.5 Å². The molecule has 5 heteroatoms. The molecule has 2 unspecified atom stereocenters. The molecular formula is C17H27FN2O2. The largest absolute Gasteiger partial charge is 0.507 e. The van der Waals surface area contributed by atoms with E-state index in [1.807, 2.05) is 14.0 Å². The molecule has 0 amide bonds. The van der Waals surface area contributed by atoms with Crippen molar-refractivity contribution >= 4 is 0 Å². The van der Waals surface area contributed by atoms with E-state index in [1.165, 1.54) is 32.1 Å². The first-order valence-corrected chi connectivity index (χ1v) is 7.99. The first kappa shape index (κ1) is 17.0. The molecule has 1 heterocycles. The molecule has 1 saturated heterocycles. The third-order valence-electron chi connectivity index (χ3n) is 4.81. The molecule has 2 atom stereocenters.